The number of aromatic nitrogens is 2. The number of carbonyl (C=O) groups is 2. The minimum absolute atomic E-state index is 0.108. The Kier molecular flexibility index (Phi) is 6.91. The Labute approximate surface area is 176 Å². The van der Waals surface area contributed by atoms with Crippen molar-refractivity contribution in [2.75, 3.05) is 11.9 Å². The van der Waals surface area contributed by atoms with Crippen LogP contribution in [-0.4, -0.2) is 28.3 Å². The summed E-state index contributed by atoms with van der Waals surface area (Å²) in [4.78, 5) is 26.3. The standard InChI is InChI=1S/C19H24IN3O3S/c1-3-10-26-19(25)17-13-6-4-5-7-15(13)27-18(17)22-16(24)8-9-23-12(2)14(20)11-21-23/h11H,3-10H2,1-2H3,(H,22,24). The summed E-state index contributed by atoms with van der Waals surface area (Å²) in [7, 11) is 0. The molecule has 1 N–H and O–H groups in total. The fraction of sp³-hybridized carbons (Fsp3) is 0.526. The molecule has 3 rings (SSSR count). The van der Waals surface area contributed by atoms with Gasteiger partial charge in [-0.25, -0.2) is 4.79 Å². The molecule has 0 spiro atoms. The van der Waals surface area contributed by atoms with Crippen LogP contribution >= 0.6 is 33.9 Å². The normalized spacial score (nSPS) is 13.3. The van der Waals surface area contributed by atoms with Crippen LogP contribution in [0.25, 0.3) is 0 Å². The highest BCUT2D eigenvalue weighted by Gasteiger charge is 2.27. The van der Waals surface area contributed by atoms with Gasteiger partial charge in [0.25, 0.3) is 0 Å². The van der Waals surface area contributed by atoms with Crippen LogP contribution in [0.3, 0.4) is 0 Å². The number of fused-ring (bicyclic) bond motifs is 1. The molecule has 27 heavy (non-hydrogen) atoms. The topological polar surface area (TPSA) is 73.2 Å². The number of carbonyl (C=O) groups excluding carboxylic acids is 2. The molecular weight excluding hydrogens is 477 g/mol. The van der Waals surface area contributed by atoms with E-state index in [1.807, 2.05) is 18.5 Å². The molecule has 0 unspecified atom stereocenters. The molecule has 2 heterocycles. The van der Waals surface area contributed by atoms with Crippen molar-refractivity contribution in [2.45, 2.75) is 58.9 Å². The van der Waals surface area contributed by atoms with E-state index in [0.29, 0.717) is 30.1 Å². The van der Waals surface area contributed by atoms with E-state index in [2.05, 4.69) is 33.0 Å². The van der Waals surface area contributed by atoms with Crippen LogP contribution in [0.2, 0.25) is 0 Å². The maximum Gasteiger partial charge on any atom is 0.341 e. The third kappa shape index (κ3) is 4.71. The van der Waals surface area contributed by atoms with Gasteiger partial charge in [0.2, 0.25) is 5.91 Å². The maximum atomic E-state index is 12.6. The van der Waals surface area contributed by atoms with E-state index < -0.39 is 0 Å². The summed E-state index contributed by atoms with van der Waals surface area (Å²) in [6.07, 6.45) is 6.93. The number of hydrogen-bond donors (Lipinski definition) is 1. The molecule has 0 saturated heterocycles. The number of halogens is 1. The fourth-order valence-electron chi connectivity index (χ4n) is 3.18. The van der Waals surface area contributed by atoms with Crippen molar-refractivity contribution in [3.05, 3.63) is 31.5 Å². The first kappa shape index (κ1) is 20.3. The zero-order valence-corrected chi connectivity index (χ0v) is 18.6. The SMILES string of the molecule is CCCOC(=O)c1c(NC(=O)CCn2ncc(I)c2C)sc2c1CCCC2. The summed E-state index contributed by atoms with van der Waals surface area (Å²) in [6, 6.07) is 0. The highest BCUT2D eigenvalue weighted by Crippen LogP contribution is 2.38. The molecule has 0 fully saturated rings. The number of anilines is 1. The van der Waals surface area contributed by atoms with Crippen molar-refractivity contribution >= 4 is 50.8 Å². The quantitative estimate of drug-likeness (QED) is 0.453. The van der Waals surface area contributed by atoms with Gasteiger partial charge in [0.1, 0.15) is 5.00 Å². The molecular formula is C19H24IN3O3S. The molecule has 8 heteroatoms. The monoisotopic (exact) mass is 501 g/mol. The van der Waals surface area contributed by atoms with Crippen molar-refractivity contribution in [1.29, 1.82) is 0 Å². The summed E-state index contributed by atoms with van der Waals surface area (Å²) < 4.78 is 8.29. The van der Waals surface area contributed by atoms with Gasteiger partial charge in [0.05, 0.1) is 28.5 Å². The number of esters is 1. The van der Waals surface area contributed by atoms with E-state index >= 15 is 0 Å². The number of nitrogens with one attached hydrogen (secondary N) is 1. The van der Waals surface area contributed by atoms with Crippen LogP contribution < -0.4 is 5.32 Å². The first-order chi connectivity index (χ1) is 13.0. The van der Waals surface area contributed by atoms with Crippen LogP contribution in [0.1, 0.15) is 59.1 Å². The van der Waals surface area contributed by atoms with Crippen LogP contribution in [0, 0.1) is 10.5 Å². The Morgan fingerprint density at radius 1 is 1.37 bits per heavy atom. The molecule has 2 aromatic heterocycles. The van der Waals surface area contributed by atoms with E-state index in [4.69, 9.17) is 4.74 Å². The van der Waals surface area contributed by atoms with Gasteiger partial charge in [0, 0.05) is 17.0 Å². The van der Waals surface area contributed by atoms with Crippen LogP contribution in [0.15, 0.2) is 6.20 Å². The molecule has 1 aliphatic rings. The highest BCUT2D eigenvalue weighted by atomic mass is 127. The fourth-order valence-corrected chi connectivity index (χ4v) is 4.88. The van der Waals surface area contributed by atoms with E-state index in [1.54, 1.807) is 6.20 Å². The van der Waals surface area contributed by atoms with E-state index in [1.165, 1.54) is 16.2 Å². The van der Waals surface area contributed by atoms with Crippen molar-refractivity contribution in [3.8, 4) is 0 Å². The Balaban J connectivity index is 1.73. The van der Waals surface area contributed by atoms with Gasteiger partial charge >= 0.3 is 5.97 Å². The van der Waals surface area contributed by atoms with Gasteiger partial charge in [0.15, 0.2) is 0 Å². The van der Waals surface area contributed by atoms with Gasteiger partial charge in [-0.2, -0.15) is 5.10 Å². The lowest BCUT2D eigenvalue weighted by Crippen LogP contribution is -2.18. The number of amides is 1. The lowest BCUT2D eigenvalue weighted by molar-refractivity contribution is -0.116. The summed E-state index contributed by atoms with van der Waals surface area (Å²) in [5.41, 5.74) is 2.69. The summed E-state index contributed by atoms with van der Waals surface area (Å²) in [5, 5.41) is 7.88. The lowest BCUT2D eigenvalue weighted by atomic mass is 9.95. The largest absolute Gasteiger partial charge is 0.462 e. The van der Waals surface area contributed by atoms with Crippen molar-refractivity contribution in [2.24, 2.45) is 0 Å². The lowest BCUT2D eigenvalue weighted by Gasteiger charge is -2.12. The minimum atomic E-state index is -0.316. The van der Waals surface area contributed by atoms with Crippen LogP contribution in [0.4, 0.5) is 5.00 Å². The maximum absolute atomic E-state index is 12.6. The Bertz CT molecular complexity index is 844. The number of ether oxygens (including phenoxy) is 1. The molecule has 0 radical (unpaired) electrons. The van der Waals surface area contributed by atoms with E-state index in [-0.39, 0.29) is 11.9 Å². The minimum Gasteiger partial charge on any atom is -0.462 e. The number of thiophene rings is 1. The molecule has 0 bridgehead atoms. The van der Waals surface area contributed by atoms with Gasteiger partial charge in [-0.3, -0.25) is 9.48 Å². The second-order valence-corrected chi connectivity index (χ2v) is 8.92. The Morgan fingerprint density at radius 2 is 2.15 bits per heavy atom. The van der Waals surface area contributed by atoms with Crippen molar-refractivity contribution < 1.29 is 14.3 Å². The zero-order valence-electron chi connectivity index (χ0n) is 15.6. The highest BCUT2D eigenvalue weighted by molar-refractivity contribution is 14.1. The van der Waals surface area contributed by atoms with Crippen LogP contribution in [-0.2, 0) is 28.9 Å². The third-order valence-corrected chi connectivity index (χ3v) is 6.93. The molecule has 0 atom stereocenters. The molecule has 0 aliphatic heterocycles. The number of aryl methyl sites for hydroxylation is 2. The Hall–Kier alpha value is -1.42. The second kappa shape index (κ2) is 9.18. The number of nitrogens with zero attached hydrogens (tertiary/aromatic N) is 2. The van der Waals surface area contributed by atoms with E-state index in [0.717, 1.165) is 46.9 Å². The van der Waals surface area contributed by atoms with Crippen molar-refractivity contribution in [3.63, 3.8) is 0 Å². The second-order valence-electron chi connectivity index (χ2n) is 6.65. The van der Waals surface area contributed by atoms with E-state index in [9.17, 15) is 9.59 Å². The van der Waals surface area contributed by atoms with Gasteiger partial charge in [-0.05, 0) is 67.2 Å². The summed E-state index contributed by atoms with van der Waals surface area (Å²) >= 11 is 3.75. The third-order valence-electron chi connectivity index (χ3n) is 4.66. The zero-order chi connectivity index (χ0) is 19.4. The first-order valence-corrected chi connectivity index (χ1v) is 11.2. The predicted molar refractivity (Wildman–Crippen MR) is 114 cm³/mol. The molecule has 1 amide bonds. The predicted octanol–water partition coefficient (Wildman–Crippen LogP) is 4.33. The van der Waals surface area contributed by atoms with Gasteiger partial charge < -0.3 is 10.1 Å². The molecule has 2 aromatic rings. The number of hydrogen-bond acceptors (Lipinski definition) is 5. The average molecular weight is 501 g/mol. The molecule has 6 nitrogen and oxygen atoms in total. The molecule has 0 aromatic carbocycles. The summed E-state index contributed by atoms with van der Waals surface area (Å²) in [6.45, 7) is 4.87. The van der Waals surface area contributed by atoms with Gasteiger partial charge in [-0.15, -0.1) is 11.3 Å². The first-order valence-electron chi connectivity index (χ1n) is 9.30. The number of rotatable bonds is 7. The van der Waals surface area contributed by atoms with Crippen LogP contribution in [0.5, 0.6) is 0 Å². The summed E-state index contributed by atoms with van der Waals surface area (Å²) in [5.74, 6) is -0.424. The Morgan fingerprint density at radius 3 is 2.85 bits per heavy atom. The van der Waals surface area contributed by atoms with Gasteiger partial charge in [-0.1, -0.05) is 6.92 Å². The molecule has 1 aliphatic carbocycles. The van der Waals surface area contributed by atoms with Crippen molar-refractivity contribution in [1.82, 2.24) is 9.78 Å². The average Bonchev–Trinajstić information content (AvgIpc) is 3.18. The molecule has 0 saturated carbocycles. The molecule has 146 valence electrons. The smallest absolute Gasteiger partial charge is 0.341 e.